The van der Waals surface area contributed by atoms with Crippen LogP contribution in [0.15, 0.2) is 485 Å². The molecule has 8 nitrogen and oxygen atoms in total. The molecule has 8 heterocycles. The molecule has 0 radical (unpaired) electrons. The van der Waals surface area contributed by atoms with Gasteiger partial charge in [-0.05, 0) is 220 Å². The Morgan fingerprint density at radius 3 is 0.753 bits per heavy atom. The molecule has 33 rings (SSSR count). The van der Waals surface area contributed by atoms with Crippen LogP contribution >= 0.6 is 34.0 Å². The van der Waals surface area contributed by atoms with Crippen LogP contribution in [0.3, 0.4) is 0 Å². The van der Waals surface area contributed by atoms with Crippen LogP contribution in [0.1, 0.15) is 0 Å². The lowest BCUT2D eigenvalue weighted by molar-refractivity contribution is 1.17. The molecule has 0 saturated carbocycles. The molecule has 0 unspecified atom stereocenters. The lowest BCUT2D eigenvalue weighted by Gasteiger charge is -2.12. The van der Waals surface area contributed by atoms with Gasteiger partial charge in [0.05, 0.1) is 85.8 Å². The van der Waals surface area contributed by atoms with Crippen molar-refractivity contribution >= 4 is 271 Å². The van der Waals surface area contributed by atoms with Gasteiger partial charge in [0.2, 0.25) is 0 Å². The number of thiazole rings is 3. The molecule has 33 aromatic rings. The highest BCUT2D eigenvalue weighted by Gasteiger charge is 2.27. The van der Waals surface area contributed by atoms with Gasteiger partial charge in [0.1, 0.15) is 15.0 Å². The smallest absolute Gasteiger partial charge is 0.124 e. The highest BCUT2D eigenvalue weighted by Crippen LogP contribution is 2.50. The van der Waals surface area contributed by atoms with Crippen molar-refractivity contribution in [2.24, 2.45) is 0 Å². The fourth-order valence-electron chi connectivity index (χ4n) is 23.9. The Hall–Kier alpha value is -18.5. The van der Waals surface area contributed by atoms with E-state index in [-0.39, 0.29) is 0 Å². The van der Waals surface area contributed by atoms with Crippen LogP contribution in [0.4, 0.5) is 0 Å². The first-order valence-electron chi connectivity index (χ1n) is 49.7. The molecule has 8 aromatic heterocycles. The third-order valence-electron chi connectivity index (χ3n) is 30.3. The molecule has 678 valence electrons. The number of benzene rings is 25. The number of nitrogens with zero attached hydrogens (tertiary/aromatic N) is 8. The average Bonchev–Trinajstić information content (AvgIpc) is 1.53. The summed E-state index contributed by atoms with van der Waals surface area (Å²) in [5.74, 6) is 0. The van der Waals surface area contributed by atoms with Crippen LogP contribution in [-0.2, 0) is 0 Å². The molecular weight excluding hydrogens is 1830 g/mol. The zero-order chi connectivity index (χ0) is 95.5. The van der Waals surface area contributed by atoms with Gasteiger partial charge in [0.15, 0.2) is 0 Å². The quantitative estimate of drug-likeness (QED) is 0.142. The van der Waals surface area contributed by atoms with Crippen LogP contribution in [0.5, 0.6) is 0 Å². The third-order valence-corrected chi connectivity index (χ3v) is 33.6. The Bertz CT molecular complexity index is 11200. The van der Waals surface area contributed by atoms with Gasteiger partial charge in [-0.1, -0.05) is 346 Å². The van der Waals surface area contributed by atoms with E-state index in [1.807, 2.05) is 0 Å². The second-order valence-corrected chi connectivity index (χ2v) is 41.4. The van der Waals surface area contributed by atoms with Crippen molar-refractivity contribution in [1.29, 1.82) is 0 Å². The molecule has 146 heavy (non-hydrogen) atoms. The molecule has 0 aliphatic heterocycles. The topological polar surface area (TPSA) is 63.3 Å². The molecule has 0 amide bonds. The molecule has 0 bridgehead atoms. The Morgan fingerprint density at radius 2 is 0.390 bits per heavy atom. The fourth-order valence-corrected chi connectivity index (χ4v) is 26.8. The van der Waals surface area contributed by atoms with E-state index in [1.165, 1.54) is 220 Å². The van der Waals surface area contributed by atoms with Crippen LogP contribution in [-0.4, -0.2) is 37.8 Å². The summed E-state index contributed by atoms with van der Waals surface area (Å²) in [5.41, 5.74) is 24.6. The number of hydrogen-bond acceptors (Lipinski definition) is 6. The van der Waals surface area contributed by atoms with E-state index >= 15 is 0 Å². The summed E-state index contributed by atoms with van der Waals surface area (Å²) in [6, 6.07) is 177. The van der Waals surface area contributed by atoms with Gasteiger partial charge in [0, 0.05) is 115 Å². The van der Waals surface area contributed by atoms with Gasteiger partial charge in [-0.3, -0.25) is 0 Å². The molecule has 0 fully saturated rings. The molecule has 0 saturated heterocycles. The first-order valence-corrected chi connectivity index (χ1v) is 52.1. The number of para-hydroxylation sites is 5. The summed E-state index contributed by atoms with van der Waals surface area (Å²) >= 11 is 5.29. The Labute approximate surface area is 847 Å². The van der Waals surface area contributed by atoms with Gasteiger partial charge in [-0.25, -0.2) is 15.0 Å². The largest absolute Gasteiger partial charge is 0.309 e. The van der Waals surface area contributed by atoms with E-state index in [0.29, 0.717) is 0 Å². The standard InChI is InChI=1S/C49H29N3S.C45H27N3S.C41H24N2S/c1-3-12-32(13-4-1)49-50-48-45(53-49)26-22-31-19-20-33-27-35(23-24-37(33)46(31)48)52-42-25-21-30-11-7-8-16-36(30)47(42)40-28-39-38-17-9-10-18-41(38)51(43(39)29-44(40)52)34-14-5-2-6-15-34;1-3-11-29(12-4-1)45-46-44-42(49-45)24-21-28-19-20-30-25-32(22-23-33(30)43(28)44)48-39-18-10-8-16-35(39)37-26-36-34-15-7-9-17-38(34)47(40(36)27-41(37)48)31-13-5-2-6-14-31;1-2-10-28(11-3-1)41-42-40-36(44-41)23-18-27-14-15-29-24-30(19-20-33(29)37(27)40)43-34-21-16-25-8-4-6-12-31(25)38(34)39-32-13-7-5-9-26(32)17-22-35(39)43/h1-29H;1-27H;1-24H. The highest BCUT2D eigenvalue weighted by molar-refractivity contribution is 7.22. The van der Waals surface area contributed by atoms with E-state index in [1.54, 1.807) is 34.0 Å². The Kier molecular flexibility index (Phi) is 18.3. The molecule has 0 atom stereocenters. The van der Waals surface area contributed by atoms with Crippen molar-refractivity contribution in [3.05, 3.63) is 485 Å². The van der Waals surface area contributed by atoms with E-state index in [0.717, 1.165) is 76.7 Å². The number of hydrogen-bond donors (Lipinski definition) is 0. The zero-order valence-corrected chi connectivity index (χ0v) is 80.9. The Balaban J connectivity index is 0.0000000999. The van der Waals surface area contributed by atoms with Gasteiger partial charge >= 0.3 is 0 Å². The normalized spacial score (nSPS) is 12.1. The second kappa shape index (κ2) is 32.5. The lowest BCUT2D eigenvalue weighted by atomic mass is 10.00. The fraction of sp³-hybridized carbons (Fsp3) is 0. The minimum atomic E-state index is 1.05. The lowest BCUT2D eigenvalue weighted by Crippen LogP contribution is -1.96. The predicted molar refractivity (Wildman–Crippen MR) is 624 cm³/mol. The zero-order valence-electron chi connectivity index (χ0n) is 78.5. The summed E-state index contributed by atoms with van der Waals surface area (Å²) in [7, 11) is 0. The first-order chi connectivity index (χ1) is 72.4. The molecule has 0 aliphatic rings. The molecule has 25 aromatic carbocycles. The minimum absolute atomic E-state index is 1.05. The maximum Gasteiger partial charge on any atom is 0.124 e. The van der Waals surface area contributed by atoms with Crippen molar-refractivity contribution in [1.82, 2.24) is 37.8 Å². The maximum absolute atomic E-state index is 5.24. The van der Waals surface area contributed by atoms with Crippen molar-refractivity contribution < 1.29 is 0 Å². The molecule has 0 aliphatic carbocycles. The predicted octanol–water partition coefficient (Wildman–Crippen LogP) is 37.8. The number of rotatable bonds is 8. The molecule has 0 N–H and O–H groups in total. The van der Waals surface area contributed by atoms with E-state index in [9.17, 15) is 0 Å². The van der Waals surface area contributed by atoms with E-state index in [2.05, 4.69) is 508 Å². The van der Waals surface area contributed by atoms with E-state index < -0.39 is 0 Å². The van der Waals surface area contributed by atoms with Gasteiger partial charge < -0.3 is 22.8 Å². The summed E-state index contributed by atoms with van der Waals surface area (Å²) in [4.78, 5) is 15.6. The minimum Gasteiger partial charge on any atom is -0.309 e. The summed E-state index contributed by atoms with van der Waals surface area (Å²) in [5, 5.41) is 38.1. The van der Waals surface area contributed by atoms with Crippen molar-refractivity contribution in [3.63, 3.8) is 0 Å². The molecule has 11 heteroatoms. The van der Waals surface area contributed by atoms with Crippen molar-refractivity contribution in [3.8, 4) is 60.2 Å². The average molecular weight is 1910 g/mol. The van der Waals surface area contributed by atoms with Crippen LogP contribution in [0.25, 0.3) is 297 Å². The number of fused-ring (bicyclic) bond motifs is 36. The summed E-state index contributed by atoms with van der Waals surface area (Å²) in [6.45, 7) is 0. The van der Waals surface area contributed by atoms with Gasteiger partial charge in [0.25, 0.3) is 0 Å². The maximum atomic E-state index is 5.24. The van der Waals surface area contributed by atoms with Crippen molar-refractivity contribution in [2.45, 2.75) is 0 Å². The van der Waals surface area contributed by atoms with Crippen LogP contribution in [0.2, 0.25) is 0 Å². The van der Waals surface area contributed by atoms with Crippen LogP contribution in [0, 0.1) is 0 Å². The third kappa shape index (κ3) is 12.7. The number of aromatic nitrogens is 8. The second-order valence-electron chi connectivity index (χ2n) is 38.3. The SMILES string of the molecule is c1ccc(-c2nc3c(ccc4ccc5cc(-n6c7cc8c(cc7c7c9ccccc9ccc76)c6ccccc6n8-c6ccccc6)ccc5c43)s2)cc1.c1ccc(-c2nc3c(ccc4ccc5cc(-n6c7ccc8ccccc8c7c7c8ccccc8ccc76)ccc5c43)s2)cc1.c1ccc(-c2nc3c(ccc4ccc5cc(-n6c7ccccc7c7cc8c9ccccc9n(-c9ccccc9)c8cc76)ccc5c43)s2)cc1. The molecular formula is C135H80N8S3. The van der Waals surface area contributed by atoms with E-state index in [4.69, 9.17) is 15.0 Å². The summed E-state index contributed by atoms with van der Waals surface area (Å²) < 4.78 is 15.8. The monoisotopic (exact) mass is 1910 g/mol. The molecule has 0 spiro atoms. The highest BCUT2D eigenvalue weighted by atomic mass is 32.1. The first kappa shape index (κ1) is 82.3. The van der Waals surface area contributed by atoms with Crippen molar-refractivity contribution in [2.75, 3.05) is 0 Å². The summed E-state index contributed by atoms with van der Waals surface area (Å²) in [6.07, 6.45) is 0. The van der Waals surface area contributed by atoms with Gasteiger partial charge in [-0.2, -0.15) is 0 Å². The van der Waals surface area contributed by atoms with Crippen LogP contribution < -0.4 is 0 Å². The van der Waals surface area contributed by atoms with Gasteiger partial charge in [-0.15, -0.1) is 34.0 Å². The Morgan fingerprint density at radius 1 is 0.137 bits per heavy atom.